The van der Waals surface area contributed by atoms with E-state index in [0.29, 0.717) is 29.2 Å². The maximum atomic E-state index is 13.6. The van der Waals surface area contributed by atoms with Crippen LogP contribution in [0.15, 0.2) is 36.4 Å². The molecule has 0 saturated heterocycles. The predicted octanol–water partition coefficient (Wildman–Crippen LogP) is 3.90. The molecule has 23 heavy (non-hydrogen) atoms. The number of halogens is 2. The van der Waals surface area contributed by atoms with Crippen LogP contribution in [-0.4, -0.2) is 16.7 Å². The van der Waals surface area contributed by atoms with Crippen LogP contribution < -0.4 is 4.74 Å². The zero-order valence-corrected chi connectivity index (χ0v) is 12.4. The highest BCUT2D eigenvalue weighted by Gasteiger charge is 2.16. The lowest BCUT2D eigenvalue weighted by Crippen LogP contribution is -2.00. The Hall–Kier alpha value is -2.94. The lowest BCUT2D eigenvalue weighted by molar-refractivity contribution is 0.415. The number of nitrogens with zero attached hydrogens (tertiary/aromatic N) is 3. The zero-order valence-electron chi connectivity index (χ0n) is 12.4. The SMILES string of the molecule is COc1cccc(-c2nc3cc(F)c(F)cc3n2CCC#N)c1. The van der Waals surface area contributed by atoms with Crippen LogP contribution in [-0.2, 0) is 6.54 Å². The molecule has 4 nitrogen and oxygen atoms in total. The fraction of sp³-hybridized carbons (Fsp3) is 0.176. The summed E-state index contributed by atoms with van der Waals surface area (Å²) in [6.07, 6.45) is 0.238. The minimum absolute atomic E-state index is 0.238. The number of methoxy groups -OCH3 is 1. The van der Waals surface area contributed by atoms with Crippen molar-refractivity contribution in [3.05, 3.63) is 48.0 Å². The minimum Gasteiger partial charge on any atom is -0.497 e. The zero-order chi connectivity index (χ0) is 16.4. The molecular weight excluding hydrogens is 300 g/mol. The number of ether oxygens (including phenoxy) is 1. The van der Waals surface area contributed by atoms with Gasteiger partial charge < -0.3 is 9.30 Å². The van der Waals surface area contributed by atoms with Crippen LogP contribution in [0, 0.1) is 23.0 Å². The number of hydrogen-bond acceptors (Lipinski definition) is 3. The summed E-state index contributed by atoms with van der Waals surface area (Å²) in [6, 6.07) is 11.5. The summed E-state index contributed by atoms with van der Waals surface area (Å²) in [6.45, 7) is 0.338. The second kappa shape index (κ2) is 6.05. The Morgan fingerprint density at radius 2 is 2.00 bits per heavy atom. The molecule has 0 unspecified atom stereocenters. The normalized spacial score (nSPS) is 10.7. The van der Waals surface area contributed by atoms with Crippen LogP contribution in [0.2, 0.25) is 0 Å². The molecule has 0 spiro atoms. The van der Waals surface area contributed by atoms with E-state index in [9.17, 15) is 8.78 Å². The van der Waals surface area contributed by atoms with Gasteiger partial charge >= 0.3 is 0 Å². The Kier molecular flexibility index (Phi) is 3.94. The maximum Gasteiger partial charge on any atom is 0.161 e. The van der Waals surface area contributed by atoms with Crippen molar-refractivity contribution >= 4 is 11.0 Å². The molecule has 116 valence electrons. The van der Waals surface area contributed by atoms with E-state index >= 15 is 0 Å². The molecule has 1 heterocycles. The Labute approximate surface area is 131 Å². The predicted molar refractivity (Wildman–Crippen MR) is 81.9 cm³/mol. The third-order valence-electron chi connectivity index (χ3n) is 3.57. The van der Waals surface area contributed by atoms with E-state index in [0.717, 1.165) is 17.7 Å². The first-order valence-electron chi connectivity index (χ1n) is 7.00. The van der Waals surface area contributed by atoms with Gasteiger partial charge in [-0.2, -0.15) is 5.26 Å². The second-order valence-corrected chi connectivity index (χ2v) is 4.98. The Bertz CT molecular complexity index is 912. The van der Waals surface area contributed by atoms with Crippen LogP contribution in [0.5, 0.6) is 5.75 Å². The third kappa shape index (κ3) is 2.73. The van der Waals surface area contributed by atoms with Gasteiger partial charge in [0.05, 0.1) is 30.6 Å². The summed E-state index contributed by atoms with van der Waals surface area (Å²) in [5, 5.41) is 8.84. The lowest BCUT2D eigenvalue weighted by Gasteiger charge is -2.08. The van der Waals surface area contributed by atoms with Gasteiger partial charge in [-0.3, -0.25) is 0 Å². The smallest absolute Gasteiger partial charge is 0.161 e. The van der Waals surface area contributed by atoms with E-state index in [1.54, 1.807) is 23.8 Å². The number of hydrogen-bond donors (Lipinski definition) is 0. The summed E-state index contributed by atoms with van der Waals surface area (Å²) in [5.74, 6) is -0.690. The molecule has 0 amide bonds. The Morgan fingerprint density at radius 3 is 2.74 bits per heavy atom. The van der Waals surface area contributed by atoms with Gasteiger partial charge in [-0.25, -0.2) is 13.8 Å². The largest absolute Gasteiger partial charge is 0.497 e. The third-order valence-corrected chi connectivity index (χ3v) is 3.57. The molecule has 0 aliphatic rings. The molecular formula is C17H13F2N3O. The average molecular weight is 313 g/mol. The van der Waals surface area contributed by atoms with Gasteiger partial charge in [-0.05, 0) is 12.1 Å². The number of aryl methyl sites for hydroxylation is 1. The first-order chi connectivity index (χ1) is 11.1. The fourth-order valence-electron chi connectivity index (χ4n) is 2.49. The van der Waals surface area contributed by atoms with E-state index < -0.39 is 11.6 Å². The number of nitriles is 1. The van der Waals surface area contributed by atoms with E-state index in [4.69, 9.17) is 10.00 Å². The summed E-state index contributed by atoms with van der Waals surface area (Å²) in [4.78, 5) is 4.40. The molecule has 0 N–H and O–H groups in total. The molecule has 2 aromatic carbocycles. The van der Waals surface area contributed by atoms with Crippen molar-refractivity contribution in [2.45, 2.75) is 13.0 Å². The number of benzene rings is 2. The van der Waals surface area contributed by atoms with Crippen LogP contribution in [0.3, 0.4) is 0 Å². The van der Waals surface area contributed by atoms with Crippen LogP contribution in [0.1, 0.15) is 6.42 Å². The Morgan fingerprint density at radius 1 is 1.22 bits per heavy atom. The van der Waals surface area contributed by atoms with Crippen molar-refractivity contribution in [2.75, 3.05) is 7.11 Å². The fourth-order valence-corrected chi connectivity index (χ4v) is 2.49. The van der Waals surface area contributed by atoms with E-state index in [1.165, 1.54) is 0 Å². The second-order valence-electron chi connectivity index (χ2n) is 4.98. The van der Waals surface area contributed by atoms with Crippen molar-refractivity contribution in [2.24, 2.45) is 0 Å². The van der Waals surface area contributed by atoms with Crippen LogP contribution in [0.25, 0.3) is 22.4 Å². The summed E-state index contributed by atoms with van der Waals surface area (Å²) < 4.78 is 34.0. The highest BCUT2D eigenvalue weighted by atomic mass is 19.2. The quantitative estimate of drug-likeness (QED) is 0.734. The summed E-state index contributed by atoms with van der Waals surface area (Å²) in [5.41, 5.74) is 1.55. The molecule has 0 aliphatic carbocycles. The molecule has 0 atom stereocenters. The Balaban J connectivity index is 2.23. The molecule has 0 radical (unpaired) electrons. The number of rotatable bonds is 4. The lowest BCUT2D eigenvalue weighted by atomic mass is 10.2. The highest BCUT2D eigenvalue weighted by Crippen LogP contribution is 2.28. The summed E-state index contributed by atoms with van der Waals surface area (Å²) in [7, 11) is 1.56. The van der Waals surface area contributed by atoms with Crippen molar-refractivity contribution in [3.63, 3.8) is 0 Å². The molecule has 0 aliphatic heterocycles. The highest BCUT2D eigenvalue weighted by molar-refractivity contribution is 5.81. The molecule has 6 heteroatoms. The maximum absolute atomic E-state index is 13.6. The van der Waals surface area contributed by atoms with Crippen molar-refractivity contribution in [1.82, 2.24) is 9.55 Å². The van der Waals surface area contributed by atoms with E-state index in [2.05, 4.69) is 11.1 Å². The number of aromatic nitrogens is 2. The molecule has 3 rings (SSSR count). The van der Waals surface area contributed by atoms with E-state index in [-0.39, 0.29) is 6.42 Å². The first kappa shape index (κ1) is 15.0. The van der Waals surface area contributed by atoms with Crippen molar-refractivity contribution < 1.29 is 13.5 Å². The average Bonchev–Trinajstić information content (AvgIpc) is 2.91. The van der Waals surface area contributed by atoms with Gasteiger partial charge in [-0.1, -0.05) is 12.1 Å². The topological polar surface area (TPSA) is 50.8 Å². The minimum atomic E-state index is -0.945. The summed E-state index contributed by atoms with van der Waals surface area (Å²) >= 11 is 0. The molecule has 0 fully saturated rings. The van der Waals surface area contributed by atoms with E-state index in [1.807, 2.05) is 12.1 Å². The van der Waals surface area contributed by atoms with Gasteiger partial charge in [0.25, 0.3) is 0 Å². The van der Waals surface area contributed by atoms with Gasteiger partial charge in [0.1, 0.15) is 11.6 Å². The van der Waals surface area contributed by atoms with Gasteiger partial charge in [0.15, 0.2) is 11.6 Å². The standard InChI is InChI=1S/C17H13F2N3O/c1-23-12-5-2-4-11(8-12)17-21-15-9-13(18)14(19)10-16(15)22(17)7-3-6-20/h2,4-5,8-10H,3,7H2,1H3. The van der Waals surface area contributed by atoms with Gasteiger partial charge in [0, 0.05) is 24.2 Å². The number of fused-ring (bicyclic) bond motifs is 1. The number of imidazole rings is 1. The molecule has 1 aromatic heterocycles. The van der Waals surface area contributed by atoms with Crippen molar-refractivity contribution in [1.29, 1.82) is 5.26 Å². The van der Waals surface area contributed by atoms with Gasteiger partial charge in [-0.15, -0.1) is 0 Å². The monoisotopic (exact) mass is 313 g/mol. The molecule has 0 saturated carbocycles. The molecule has 3 aromatic rings. The van der Waals surface area contributed by atoms with Crippen molar-refractivity contribution in [3.8, 4) is 23.2 Å². The first-order valence-corrected chi connectivity index (χ1v) is 7.00. The van der Waals surface area contributed by atoms with Gasteiger partial charge in [0.2, 0.25) is 0 Å². The van der Waals surface area contributed by atoms with Crippen LogP contribution in [0.4, 0.5) is 8.78 Å². The van der Waals surface area contributed by atoms with Crippen LogP contribution >= 0.6 is 0 Å². The molecule has 0 bridgehead atoms.